The van der Waals surface area contributed by atoms with Crippen LogP contribution in [0.3, 0.4) is 0 Å². The summed E-state index contributed by atoms with van der Waals surface area (Å²) in [5.41, 5.74) is 0.537. The standard InChI is InChI=1S/C16H25NO2/c1-12(2)15(14-7-5-4-6-8-14)17-11-16(18)9-10-19-13(16)3/h4-8,12-13,15,17-18H,9-11H2,1-3H3. The second kappa shape index (κ2) is 6.04. The highest BCUT2D eigenvalue weighted by Crippen LogP contribution is 2.27. The molecular formula is C16H25NO2. The number of ether oxygens (including phenoxy) is 1. The molecule has 2 N–H and O–H groups in total. The van der Waals surface area contributed by atoms with Gasteiger partial charge in [0, 0.05) is 25.6 Å². The normalized spacial score (nSPS) is 28.8. The Balaban J connectivity index is 2.02. The van der Waals surface area contributed by atoms with Gasteiger partial charge < -0.3 is 15.2 Å². The van der Waals surface area contributed by atoms with Crippen LogP contribution >= 0.6 is 0 Å². The minimum absolute atomic E-state index is 0.0939. The number of aliphatic hydroxyl groups is 1. The van der Waals surface area contributed by atoms with E-state index in [1.54, 1.807) is 0 Å². The summed E-state index contributed by atoms with van der Waals surface area (Å²) in [6.45, 7) is 7.57. The molecule has 0 spiro atoms. The highest BCUT2D eigenvalue weighted by molar-refractivity contribution is 5.19. The van der Waals surface area contributed by atoms with E-state index in [2.05, 4.69) is 43.4 Å². The van der Waals surface area contributed by atoms with E-state index in [4.69, 9.17) is 4.74 Å². The monoisotopic (exact) mass is 263 g/mol. The lowest BCUT2D eigenvalue weighted by Gasteiger charge is -2.31. The van der Waals surface area contributed by atoms with Gasteiger partial charge in [0.25, 0.3) is 0 Å². The first-order valence-corrected chi connectivity index (χ1v) is 7.15. The Kier molecular flexibility index (Phi) is 4.61. The van der Waals surface area contributed by atoms with Crippen molar-refractivity contribution in [1.82, 2.24) is 5.32 Å². The molecule has 0 bridgehead atoms. The van der Waals surface area contributed by atoms with Gasteiger partial charge in [-0.25, -0.2) is 0 Å². The van der Waals surface area contributed by atoms with Crippen molar-refractivity contribution in [3.8, 4) is 0 Å². The van der Waals surface area contributed by atoms with Gasteiger partial charge in [-0.05, 0) is 18.4 Å². The molecule has 1 aromatic rings. The molecule has 1 fully saturated rings. The molecule has 3 atom stereocenters. The number of benzene rings is 1. The molecule has 0 aromatic heterocycles. The number of hydrogen-bond acceptors (Lipinski definition) is 3. The summed E-state index contributed by atoms with van der Waals surface area (Å²) >= 11 is 0. The molecule has 0 aliphatic carbocycles. The van der Waals surface area contributed by atoms with Gasteiger partial charge in [0.2, 0.25) is 0 Å². The van der Waals surface area contributed by atoms with Crippen molar-refractivity contribution in [1.29, 1.82) is 0 Å². The zero-order chi connectivity index (χ0) is 13.9. The molecule has 3 nitrogen and oxygen atoms in total. The average molecular weight is 263 g/mol. The Morgan fingerprint density at radius 1 is 1.37 bits per heavy atom. The van der Waals surface area contributed by atoms with Crippen LogP contribution in [-0.2, 0) is 4.74 Å². The van der Waals surface area contributed by atoms with Gasteiger partial charge in [0.1, 0.15) is 5.60 Å². The van der Waals surface area contributed by atoms with Crippen molar-refractivity contribution in [2.75, 3.05) is 13.2 Å². The van der Waals surface area contributed by atoms with Crippen molar-refractivity contribution >= 4 is 0 Å². The van der Waals surface area contributed by atoms with Crippen molar-refractivity contribution in [3.05, 3.63) is 35.9 Å². The molecule has 3 unspecified atom stereocenters. The van der Waals surface area contributed by atoms with E-state index in [9.17, 15) is 5.11 Å². The highest BCUT2D eigenvalue weighted by Gasteiger charge is 2.39. The Labute approximate surface area is 116 Å². The second-order valence-corrected chi connectivity index (χ2v) is 5.88. The van der Waals surface area contributed by atoms with Gasteiger partial charge in [-0.15, -0.1) is 0 Å². The number of rotatable bonds is 5. The number of hydrogen-bond donors (Lipinski definition) is 2. The summed E-state index contributed by atoms with van der Waals surface area (Å²) in [6.07, 6.45) is 0.615. The van der Waals surface area contributed by atoms with Crippen molar-refractivity contribution in [2.45, 2.75) is 44.9 Å². The number of nitrogens with one attached hydrogen (secondary N) is 1. The molecule has 0 amide bonds. The van der Waals surface area contributed by atoms with Gasteiger partial charge in [0.15, 0.2) is 0 Å². The minimum Gasteiger partial charge on any atom is -0.386 e. The molecule has 1 aliphatic rings. The molecule has 3 heteroatoms. The Hall–Kier alpha value is -0.900. The average Bonchev–Trinajstić information content (AvgIpc) is 2.71. The van der Waals surface area contributed by atoms with Crippen LogP contribution in [-0.4, -0.2) is 30.0 Å². The van der Waals surface area contributed by atoms with Crippen LogP contribution in [0.4, 0.5) is 0 Å². The molecule has 1 heterocycles. The van der Waals surface area contributed by atoms with E-state index < -0.39 is 5.60 Å². The SMILES string of the molecule is CC(C)C(NCC1(O)CCOC1C)c1ccccc1. The van der Waals surface area contributed by atoms with Crippen LogP contribution in [0.15, 0.2) is 30.3 Å². The summed E-state index contributed by atoms with van der Waals surface area (Å²) in [7, 11) is 0. The fourth-order valence-electron chi connectivity index (χ4n) is 2.69. The van der Waals surface area contributed by atoms with Gasteiger partial charge in [-0.2, -0.15) is 0 Å². The maximum atomic E-state index is 10.5. The zero-order valence-electron chi connectivity index (χ0n) is 12.1. The van der Waals surface area contributed by atoms with E-state index in [-0.39, 0.29) is 12.1 Å². The minimum atomic E-state index is -0.734. The lowest BCUT2D eigenvalue weighted by Crippen LogP contribution is -2.47. The largest absolute Gasteiger partial charge is 0.386 e. The predicted octanol–water partition coefficient (Wildman–Crippen LogP) is 2.51. The topological polar surface area (TPSA) is 41.5 Å². The summed E-state index contributed by atoms with van der Waals surface area (Å²) in [4.78, 5) is 0. The van der Waals surface area contributed by atoms with Gasteiger partial charge >= 0.3 is 0 Å². The van der Waals surface area contributed by atoms with Crippen LogP contribution in [0.1, 0.15) is 38.8 Å². The van der Waals surface area contributed by atoms with Crippen LogP contribution in [0, 0.1) is 5.92 Å². The van der Waals surface area contributed by atoms with E-state index in [1.165, 1.54) is 5.56 Å². The molecule has 2 rings (SSSR count). The Bertz CT molecular complexity index is 393. The van der Waals surface area contributed by atoms with Crippen LogP contribution < -0.4 is 5.32 Å². The van der Waals surface area contributed by atoms with E-state index in [0.29, 0.717) is 25.5 Å². The van der Waals surface area contributed by atoms with E-state index in [1.807, 2.05) is 13.0 Å². The summed E-state index contributed by atoms with van der Waals surface area (Å²) in [6, 6.07) is 10.7. The lowest BCUT2D eigenvalue weighted by atomic mass is 9.92. The van der Waals surface area contributed by atoms with E-state index in [0.717, 1.165) is 0 Å². The van der Waals surface area contributed by atoms with Crippen molar-refractivity contribution in [2.24, 2.45) is 5.92 Å². The molecule has 19 heavy (non-hydrogen) atoms. The molecule has 0 saturated carbocycles. The third kappa shape index (κ3) is 3.35. The molecule has 1 saturated heterocycles. The summed E-state index contributed by atoms with van der Waals surface area (Å²) in [5.74, 6) is 0.476. The Morgan fingerprint density at radius 2 is 2.05 bits per heavy atom. The van der Waals surface area contributed by atoms with E-state index >= 15 is 0 Å². The maximum Gasteiger partial charge on any atom is 0.105 e. The van der Waals surface area contributed by atoms with Gasteiger partial charge in [0.05, 0.1) is 6.10 Å². The second-order valence-electron chi connectivity index (χ2n) is 5.88. The third-order valence-corrected chi connectivity index (χ3v) is 4.11. The smallest absolute Gasteiger partial charge is 0.105 e. The molecule has 1 aromatic carbocycles. The fourth-order valence-corrected chi connectivity index (χ4v) is 2.69. The fraction of sp³-hybridized carbons (Fsp3) is 0.625. The van der Waals surface area contributed by atoms with Crippen LogP contribution in [0.25, 0.3) is 0 Å². The maximum absolute atomic E-state index is 10.5. The first kappa shape index (κ1) is 14.5. The third-order valence-electron chi connectivity index (χ3n) is 4.11. The van der Waals surface area contributed by atoms with Crippen LogP contribution in [0.2, 0.25) is 0 Å². The predicted molar refractivity (Wildman–Crippen MR) is 77.0 cm³/mol. The first-order valence-electron chi connectivity index (χ1n) is 7.15. The summed E-state index contributed by atoms with van der Waals surface area (Å²) in [5, 5.41) is 14.1. The highest BCUT2D eigenvalue weighted by atomic mass is 16.5. The molecule has 1 aliphatic heterocycles. The molecule has 106 valence electrons. The Morgan fingerprint density at radius 3 is 2.58 bits per heavy atom. The summed E-state index contributed by atoms with van der Waals surface area (Å²) < 4.78 is 5.48. The molecule has 0 radical (unpaired) electrons. The first-order chi connectivity index (χ1) is 9.03. The zero-order valence-corrected chi connectivity index (χ0v) is 12.1. The van der Waals surface area contributed by atoms with Crippen LogP contribution in [0.5, 0.6) is 0 Å². The van der Waals surface area contributed by atoms with Crippen molar-refractivity contribution in [3.63, 3.8) is 0 Å². The quantitative estimate of drug-likeness (QED) is 0.857. The van der Waals surface area contributed by atoms with Gasteiger partial charge in [-0.3, -0.25) is 0 Å². The molecular weight excluding hydrogens is 238 g/mol. The van der Waals surface area contributed by atoms with Gasteiger partial charge in [-0.1, -0.05) is 44.2 Å². The van der Waals surface area contributed by atoms with Crippen molar-refractivity contribution < 1.29 is 9.84 Å². The lowest BCUT2D eigenvalue weighted by molar-refractivity contribution is -0.0285.